The number of nitrogens with one attached hydrogen (secondary N) is 1. The molecule has 0 amide bonds. The van der Waals surface area contributed by atoms with Gasteiger partial charge >= 0.3 is 0 Å². The van der Waals surface area contributed by atoms with Crippen molar-refractivity contribution in [3.8, 4) is 12.8 Å². The Morgan fingerprint density at radius 3 is 2.06 bits per heavy atom. The second-order valence-corrected chi connectivity index (χ2v) is 8.56. The van der Waals surface area contributed by atoms with E-state index in [9.17, 15) is 0 Å². The topological polar surface area (TPSA) is 24.5 Å². The number of terminal acetylenes is 1. The van der Waals surface area contributed by atoms with Crippen molar-refractivity contribution < 1.29 is 4.74 Å². The first-order chi connectivity index (χ1) is 17.4. The van der Waals surface area contributed by atoms with Crippen LogP contribution in [0.4, 0.5) is 0 Å². The Labute approximate surface area is 222 Å². The summed E-state index contributed by atoms with van der Waals surface area (Å²) in [6, 6.07) is 16.8. The summed E-state index contributed by atoms with van der Waals surface area (Å²) in [6.45, 7) is 21.9. The van der Waals surface area contributed by atoms with E-state index in [-0.39, 0.29) is 0 Å². The van der Waals surface area contributed by atoms with Crippen LogP contribution in [0.5, 0.6) is 0 Å². The molecule has 1 aliphatic heterocycles. The maximum Gasteiger partial charge on any atom is 0.182 e. The summed E-state index contributed by atoms with van der Waals surface area (Å²) in [5.41, 5.74) is 6.04. The monoisotopic (exact) mass is 488 g/mol. The molecule has 3 heteroatoms. The molecule has 36 heavy (non-hydrogen) atoms. The minimum absolute atomic E-state index is 0.607. The van der Waals surface area contributed by atoms with Gasteiger partial charge in [-0.05, 0) is 76.4 Å². The molecule has 1 fully saturated rings. The highest BCUT2D eigenvalue weighted by Crippen LogP contribution is 2.20. The van der Waals surface area contributed by atoms with Gasteiger partial charge in [-0.25, -0.2) is 0 Å². The van der Waals surface area contributed by atoms with Gasteiger partial charge in [-0.1, -0.05) is 92.2 Å². The molecular formula is C33H48N2O. The number of hydrogen-bond acceptors (Lipinski definition) is 3. The van der Waals surface area contributed by atoms with Crippen LogP contribution in [0.1, 0.15) is 62.8 Å². The third-order valence-electron chi connectivity index (χ3n) is 5.75. The van der Waals surface area contributed by atoms with Gasteiger partial charge in [0.1, 0.15) is 6.61 Å². The van der Waals surface area contributed by atoms with E-state index in [1.54, 1.807) is 0 Å². The van der Waals surface area contributed by atoms with Gasteiger partial charge in [0.25, 0.3) is 0 Å². The van der Waals surface area contributed by atoms with Gasteiger partial charge in [0.15, 0.2) is 5.88 Å². The van der Waals surface area contributed by atoms with Gasteiger partial charge < -0.3 is 15.0 Å². The lowest BCUT2D eigenvalue weighted by molar-refractivity contribution is 0.0806. The zero-order valence-corrected chi connectivity index (χ0v) is 23.5. The zero-order valence-electron chi connectivity index (χ0n) is 23.5. The van der Waals surface area contributed by atoms with Gasteiger partial charge in [-0.3, -0.25) is 0 Å². The molecule has 0 spiro atoms. The van der Waals surface area contributed by atoms with E-state index in [4.69, 9.17) is 4.74 Å². The Hall–Kier alpha value is -3.22. The van der Waals surface area contributed by atoms with E-state index in [1.165, 1.54) is 35.1 Å². The number of ether oxygens (including phenoxy) is 1. The first-order valence-corrected chi connectivity index (χ1v) is 12.9. The van der Waals surface area contributed by atoms with E-state index in [1.807, 2.05) is 40.8 Å². The number of hydrogen-bond donors (Lipinski definition) is 1. The first-order valence-electron chi connectivity index (χ1n) is 12.9. The average molecular weight is 489 g/mol. The SMILES string of the molecule is C#C.C=C(C)c1ccc(C=CC)cc1.C=C(OCc1ccc(C)cc1)N1CCC(CNC)CC1.CC. The number of aryl methyl sites for hydroxylation is 1. The highest BCUT2D eigenvalue weighted by molar-refractivity contribution is 5.63. The highest BCUT2D eigenvalue weighted by atomic mass is 16.5. The van der Waals surface area contributed by atoms with Crippen LogP contribution < -0.4 is 5.32 Å². The molecule has 1 heterocycles. The summed E-state index contributed by atoms with van der Waals surface area (Å²) in [6.07, 6.45) is 14.6. The van der Waals surface area contributed by atoms with Crippen molar-refractivity contribution in [2.24, 2.45) is 5.92 Å². The number of piperidine rings is 1. The zero-order chi connectivity index (χ0) is 27.3. The van der Waals surface area contributed by atoms with E-state index in [0.29, 0.717) is 6.61 Å². The molecule has 196 valence electrons. The minimum Gasteiger partial charge on any atom is -0.475 e. The summed E-state index contributed by atoms with van der Waals surface area (Å²) in [4.78, 5) is 2.26. The van der Waals surface area contributed by atoms with Crippen LogP contribution in [-0.2, 0) is 11.3 Å². The maximum atomic E-state index is 5.82. The van der Waals surface area contributed by atoms with E-state index in [0.717, 1.165) is 37.0 Å². The molecule has 1 N–H and O–H groups in total. The molecule has 0 aliphatic carbocycles. The fourth-order valence-electron chi connectivity index (χ4n) is 3.69. The van der Waals surface area contributed by atoms with Gasteiger partial charge in [-0.15, -0.1) is 12.8 Å². The van der Waals surface area contributed by atoms with Crippen LogP contribution in [0.25, 0.3) is 11.6 Å². The average Bonchev–Trinajstić information content (AvgIpc) is 2.92. The van der Waals surface area contributed by atoms with Gasteiger partial charge in [0.05, 0.1) is 0 Å². The molecule has 0 atom stereocenters. The molecule has 0 unspecified atom stereocenters. The third-order valence-corrected chi connectivity index (χ3v) is 5.75. The number of nitrogens with zero attached hydrogens (tertiary/aromatic N) is 1. The van der Waals surface area contributed by atoms with Crippen LogP contribution in [0.15, 0.2) is 73.6 Å². The third kappa shape index (κ3) is 13.0. The number of likely N-dealkylation sites (tertiary alicyclic amines) is 1. The fraction of sp³-hybridized carbons (Fsp3) is 0.394. The molecule has 2 aromatic rings. The number of allylic oxidation sites excluding steroid dienone is 2. The second-order valence-electron chi connectivity index (χ2n) is 8.56. The smallest absolute Gasteiger partial charge is 0.182 e. The standard InChI is InChI=1S/C17H26N2O.C12H14.C2H6.C2H2/c1-14-4-6-17(7-5-14)13-20-15(2)19-10-8-16(9-11-19)12-18-3;1-4-5-11-6-8-12(9-7-11)10(2)3;2*1-2/h4-7,16,18H,2,8-13H2,1,3H3;4-9H,2H2,1,3H3;1-2H3;1-2H. The lowest BCUT2D eigenvalue weighted by atomic mass is 9.97. The maximum absolute atomic E-state index is 5.82. The van der Waals surface area contributed by atoms with Crippen molar-refractivity contribution in [1.82, 2.24) is 10.2 Å². The number of rotatable bonds is 8. The Kier molecular flexibility index (Phi) is 18.2. The lowest BCUT2D eigenvalue weighted by Crippen LogP contribution is -2.36. The van der Waals surface area contributed by atoms with Crippen LogP contribution in [-0.4, -0.2) is 31.6 Å². The van der Waals surface area contributed by atoms with E-state index >= 15 is 0 Å². The van der Waals surface area contributed by atoms with Gasteiger partial charge in [-0.2, -0.15) is 0 Å². The predicted octanol–water partition coefficient (Wildman–Crippen LogP) is 7.94. The number of benzene rings is 2. The van der Waals surface area contributed by atoms with Gasteiger partial charge in [0, 0.05) is 13.1 Å². The van der Waals surface area contributed by atoms with Crippen molar-refractivity contribution in [3.63, 3.8) is 0 Å². The molecule has 0 bridgehead atoms. The molecular weight excluding hydrogens is 440 g/mol. The molecule has 3 nitrogen and oxygen atoms in total. The summed E-state index contributed by atoms with van der Waals surface area (Å²) in [7, 11) is 2.02. The first kappa shape index (κ1) is 32.8. The Morgan fingerprint density at radius 2 is 1.58 bits per heavy atom. The Morgan fingerprint density at radius 1 is 1.03 bits per heavy atom. The molecule has 0 radical (unpaired) electrons. The van der Waals surface area contributed by atoms with Crippen LogP contribution in [0, 0.1) is 25.7 Å². The van der Waals surface area contributed by atoms with Crippen LogP contribution in [0.2, 0.25) is 0 Å². The van der Waals surface area contributed by atoms with Gasteiger partial charge in [0.2, 0.25) is 0 Å². The lowest BCUT2D eigenvalue weighted by Gasteiger charge is -2.34. The van der Waals surface area contributed by atoms with Crippen molar-refractivity contribution in [3.05, 3.63) is 95.9 Å². The molecule has 0 aromatic heterocycles. The summed E-state index contributed by atoms with van der Waals surface area (Å²) in [5.74, 6) is 1.61. The molecule has 3 rings (SSSR count). The largest absolute Gasteiger partial charge is 0.475 e. The normalized spacial score (nSPS) is 12.7. The Bertz CT molecular complexity index is 899. The Balaban J connectivity index is 0.000000655. The van der Waals surface area contributed by atoms with Crippen molar-refractivity contribution in [2.45, 2.75) is 54.1 Å². The summed E-state index contributed by atoms with van der Waals surface area (Å²) < 4.78 is 5.82. The molecule has 1 aliphatic rings. The summed E-state index contributed by atoms with van der Waals surface area (Å²) >= 11 is 0. The van der Waals surface area contributed by atoms with Crippen LogP contribution in [0.3, 0.4) is 0 Å². The highest BCUT2D eigenvalue weighted by Gasteiger charge is 2.20. The predicted molar refractivity (Wildman–Crippen MR) is 160 cm³/mol. The minimum atomic E-state index is 0.607. The van der Waals surface area contributed by atoms with Crippen molar-refractivity contribution in [2.75, 3.05) is 26.7 Å². The second kappa shape index (κ2) is 20.0. The van der Waals surface area contributed by atoms with E-state index < -0.39 is 0 Å². The quantitative estimate of drug-likeness (QED) is 0.301. The molecule has 2 aromatic carbocycles. The van der Waals surface area contributed by atoms with Crippen molar-refractivity contribution >= 4 is 11.6 Å². The molecule has 0 saturated carbocycles. The van der Waals surface area contributed by atoms with Crippen molar-refractivity contribution in [1.29, 1.82) is 0 Å². The fourth-order valence-corrected chi connectivity index (χ4v) is 3.69. The summed E-state index contributed by atoms with van der Waals surface area (Å²) in [5, 5.41) is 3.26. The van der Waals surface area contributed by atoms with Crippen LogP contribution >= 0.6 is 0 Å². The molecule has 1 saturated heterocycles. The van der Waals surface area contributed by atoms with E-state index in [2.05, 4.69) is 97.8 Å².